The van der Waals surface area contributed by atoms with Gasteiger partial charge in [0.2, 0.25) is 5.91 Å². The number of hydrogen-bond acceptors (Lipinski definition) is 3. The zero-order chi connectivity index (χ0) is 17.2. The molecule has 6 heteroatoms. The van der Waals surface area contributed by atoms with Gasteiger partial charge in [-0.05, 0) is 29.2 Å². The predicted molar refractivity (Wildman–Crippen MR) is 85.4 cm³/mol. The Labute approximate surface area is 134 Å². The van der Waals surface area contributed by atoms with Crippen LogP contribution < -0.4 is 5.32 Å². The normalized spacial score (nSPS) is 12.9. The van der Waals surface area contributed by atoms with Gasteiger partial charge in [0.1, 0.15) is 11.9 Å². The van der Waals surface area contributed by atoms with E-state index in [-0.39, 0.29) is 18.1 Å². The van der Waals surface area contributed by atoms with Gasteiger partial charge in [-0.1, -0.05) is 20.8 Å². The lowest BCUT2D eigenvalue weighted by Crippen LogP contribution is -2.50. The predicted octanol–water partition coefficient (Wildman–Crippen LogP) is 2.55. The molecule has 0 saturated carbocycles. The summed E-state index contributed by atoms with van der Waals surface area (Å²) in [7, 11) is 1.29. The van der Waals surface area contributed by atoms with Crippen LogP contribution in [-0.2, 0) is 20.7 Å². The van der Waals surface area contributed by atoms with E-state index in [1.54, 1.807) is 12.3 Å². The highest BCUT2D eigenvalue weighted by molar-refractivity contribution is 5.91. The number of rotatable bonds is 4. The minimum atomic E-state index is -0.734. The minimum absolute atomic E-state index is 0.0925. The van der Waals surface area contributed by atoms with Gasteiger partial charge in [-0.3, -0.25) is 4.79 Å². The molecule has 0 spiro atoms. The summed E-state index contributed by atoms with van der Waals surface area (Å²) in [5, 5.41) is 3.50. The number of halogens is 1. The molecule has 0 aliphatic rings. The number of H-pyrrole nitrogens is 1. The van der Waals surface area contributed by atoms with Gasteiger partial charge in [0.25, 0.3) is 0 Å². The molecule has 1 atom stereocenters. The van der Waals surface area contributed by atoms with Crippen molar-refractivity contribution < 1.29 is 18.7 Å². The Hall–Kier alpha value is -2.37. The van der Waals surface area contributed by atoms with Gasteiger partial charge in [0, 0.05) is 17.1 Å². The van der Waals surface area contributed by atoms with Crippen molar-refractivity contribution in [1.29, 1.82) is 0 Å². The van der Waals surface area contributed by atoms with E-state index in [2.05, 4.69) is 10.3 Å². The second-order valence-electron chi connectivity index (χ2n) is 6.57. The molecule has 0 saturated heterocycles. The van der Waals surface area contributed by atoms with E-state index in [1.807, 2.05) is 20.8 Å². The quantitative estimate of drug-likeness (QED) is 0.851. The molecule has 1 aromatic heterocycles. The van der Waals surface area contributed by atoms with Crippen LogP contribution in [0.15, 0.2) is 24.4 Å². The van der Waals surface area contributed by atoms with Crippen LogP contribution in [0.3, 0.4) is 0 Å². The summed E-state index contributed by atoms with van der Waals surface area (Å²) in [6.45, 7) is 5.55. The summed E-state index contributed by atoms with van der Waals surface area (Å²) in [6, 6.07) is 3.63. The van der Waals surface area contributed by atoms with Crippen LogP contribution in [0.1, 0.15) is 26.3 Å². The molecule has 5 nitrogen and oxygen atoms in total. The van der Waals surface area contributed by atoms with Crippen molar-refractivity contribution in [3.05, 3.63) is 35.8 Å². The van der Waals surface area contributed by atoms with Crippen molar-refractivity contribution >= 4 is 22.8 Å². The number of nitrogens with one attached hydrogen (secondary N) is 2. The summed E-state index contributed by atoms with van der Waals surface area (Å²) in [6.07, 6.45) is 1.77. The Morgan fingerprint density at radius 1 is 1.35 bits per heavy atom. The van der Waals surface area contributed by atoms with Crippen molar-refractivity contribution in [3.8, 4) is 0 Å². The van der Waals surface area contributed by atoms with Gasteiger partial charge in [0.15, 0.2) is 0 Å². The van der Waals surface area contributed by atoms with Crippen LogP contribution in [0.2, 0.25) is 0 Å². The Bertz CT molecular complexity index is 731. The third kappa shape index (κ3) is 3.88. The largest absolute Gasteiger partial charge is 0.467 e. The number of carbonyl (C=O) groups is 2. The first-order valence-corrected chi connectivity index (χ1v) is 7.35. The SMILES string of the molecule is COC(=O)C(NC(=O)Cc1c[nH]c2cc(F)ccc12)C(C)(C)C. The summed E-state index contributed by atoms with van der Waals surface area (Å²) >= 11 is 0. The van der Waals surface area contributed by atoms with Gasteiger partial charge in [-0.25, -0.2) is 9.18 Å². The van der Waals surface area contributed by atoms with Gasteiger partial charge in [0.05, 0.1) is 13.5 Å². The van der Waals surface area contributed by atoms with Crippen LogP contribution in [0.25, 0.3) is 10.9 Å². The molecule has 1 heterocycles. The fourth-order valence-electron chi connectivity index (χ4n) is 2.44. The van der Waals surface area contributed by atoms with Crippen molar-refractivity contribution in [2.75, 3.05) is 7.11 Å². The van der Waals surface area contributed by atoms with Crippen LogP contribution in [0.4, 0.5) is 4.39 Å². The molecule has 0 fully saturated rings. The molecule has 2 rings (SSSR count). The number of carbonyl (C=O) groups excluding carboxylic acids is 2. The molecule has 0 radical (unpaired) electrons. The van der Waals surface area contributed by atoms with Gasteiger partial charge >= 0.3 is 5.97 Å². The highest BCUT2D eigenvalue weighted by Gasteiger charge is 2.33. The highest BCUT2D eigenvalue weighted by atomic mass is 19.1. The summed E-state index contributed by atoms with van der Waals surface area (Å²) in [4.78, 5) is 27.1. The average Bonchev–Trinajstić information content (AvgIpc) is 2.85. The Morgan fingerprint density at radius 3 is 2.65 bits per heavy atom. The number of aromatic nitrogens is 1. The summed E-state index contributed by atoms with van der Waals surface area (Å²) in [5.41, 5.74) is 0.912. The van der Waals surface area contributed by atoms with Crippen molar-refractivity contribution in [3.63, 3.8) is 0 Å². The zero-order valence-corrected chi connectivity index (χ0v) is 13.7. The van der Waals surface area contributed by atoms with E-state index < -0.39 is 17.4 Å². The lowest BCUT2D eigenvalue weighted by molar-refractivity contribution is -0.148. The second-order valence-corrected chi connectivity index (χ2v) is 6.57. The molecule has 124 valence electrons. The number of aromatic amines is 1. The maximum absolute atomic E-state index is 13.2. The number of methoxy groups -OCH3 is 1. The van der Waals surface area contributed by atoms with E-state index in [1.165, 1.54) is 19.2 Å². The Morgan fingerprint density at radius 2 is 2.04 bits per heavy atom. The lowest BCUT2D eigenvalue weighted by atomic mass is 9.86. The molecule has 0 aliphatic heterocycles. The maximum Gasteiger partial charge on any atom is 0.328 e. The fraction of sp³-hybridized carbons (Fsp3) is 0.412. The monoisotopic (exact) mass is 320 g/mol. The first-order valence-electron chi connectivity index (χ1n) is 7.35. The number of benzene rings is 1. The van der Waals surface area contributed by atoms with E-state index in [0.29, 0.717) is 5.52 Å². The van der Waals surface area contributed by atoms with E-state index in [0.717, 1.165) is 10.9 Å². The topological polar surface area (TPSA) is 71.2 Å². The van der Waals surface area contributed by atoms with Crippen molar-refractivity contribution in [2.24, 2.45) is 5.41 Å². The van der Waals surface area contributed by atoms with E-state index >= 15 is 0 Å². The van der Waals surface area contributed by atoms with Crippen molar-refractivity contribution in [2.45, 2.75) is 33.2 Å². The molecule has 1 amide bonds. The molecule has 0 bridgehead atoms. The van der Waals surface area contributed by atoms with Gasteiger partial charge in [-0.2, -0.15) is 0 Å². The average molecular weight is 320 g/mol. The van der Waals surface area contributed by atoms with Crippen LogP contribution >= 0.6 is 0 Å². The van der Waals surface area contributed by atoms with Crippen LogP contribution in [0.5, 0.6) is 0 Å². The van der Waals surface area contributed by atoms with E-state index in [9.17, 15) is 14.0 Å². The molecule has 1 unspecified atom stereocenters. The molecule has 23 heavy (non-hydrogen) atoms. The Balaban J connectivity index is 2.15. The molecular formula is C17H21FN2O3. The lowest BCUT2D eigenvalue weighted by Gasteiger charge is -2.29. The first kappa shape index (κ1) is 17.0. The minimum Gasteiger partial charge on any atom is -0.467 e. The fourth-order valence-corrected chi connectivity index (χ4v) is 2.44. The van der Waals surface area contributed by atoms with Crippen molar-refractivity contribution in [1.82, 2.24) is 10.3 Å². The molecule has 1 aromatic carbocycles. The van der Waals surface area contributed by atoms with Crippen LogP contribution in [0, 0.1) is 11.2 Å². The Kier molecular flexibility index (Phi) is 4.73. The van der Waals surface area contributed by atoms with Crippen LogP contribution in [-0.4, -0.2) is 30.0 Å². The zero-order valence-electron chi connectivity index (χ0n) is 13.7. The molecule has 2 aromatic rings. The maximum atomic E-state index is 13.2. The number of ether oxygens (including phenoxy) is 1. The number of esters is 1. The third-order valence-corrected chi connectivity index (χ3v) is 3.69. The smallest absolute Gasteiger partial charge is 0.328 e. The number of hydrogen-bond donors (Lipinski definition) is 2. The molecule has 0 aliphatic carbocycles. The molecule has 2 N–H and O–H groups in total. The summed E-state index contributed by atoms with van der Waals surface area (Å²) in [5.74, 6) is -1.11. The third-order valence-electron chi connectivity index (χ3n) is 3.69. The number of fused-ring (bicyclic) bond motifs is 1. The highest BCUT2D eigenvalue weighted by Crippen LogP contribution is 2.22. The van der Waals surface area contributed by atoms with Gasteiger partial charge < -0.3 is 15.0 Å². The second kappa shape index (κ2) is 6.40. The standard InChI is InChI=1S/C17H21FN2O3/c1-17(2,3)15(16(22)23-4)20-14(21)7-10-9-19-13-8-11(18)5-6-12(10)13/h5-6,8-9,15,19H,7H2,1-4H3,(H,20,21). The summed E-state index contributed by atoms with van der Waals surface area (Å²) < 4.78 is 17.9. The number of amides is 1. The van der Waals surface area contributed by atoms with Gasteiger partial charge in [-0.15, -0.1) is 0 Å². The molecular weight excluding hydrogens is 299 g/mol. The van der Waals surface area contributed by atoms with E-state index in [4.69, 9.17) is 4.74 Å². The first-order chi connectivity index (χ1) is 10.7.